The molecule has 3 aromatic rings. The Kier molecular flexibility index (Phi) is 4.60. The number of nitrogens with zero attached hydrogens (tertiary/aromatic N) is 3. The number of ether oxygens (including phenoxy) is 3. The number of imidazole rings is 1. The van der Waals surface area contributed by atoms with Gasteiger partial charge in [0.2, 0.25) is 5.91 Å². The van der Waals surface area contributed by atoms with Crippen LogP contribution in [0, 0.1) is 0 Å². The molecule has 7 nitrogen and oxygen atoms in total. The van der Waals surface area contributed by atoms with Crippen LogP contribution in [0.25, 0.3) is 11.0 Å². The molecule has 3 heterocycles. The van der Waals surface area contributed by atoms with Gasteiger partial charge >= 0.3 is 0 Å². The third kappa shape index (κ3) is 3.21. The van der Waals surface area contributed by atoms with E-state index in [1.54, 1.807) is 7.11 Å². The van der Waals surface area contributed by atoms with Crippen molar-refractivity contribution in [3.05, 3.63) is 48.3 Å². The molecule has 2 aromatic carbocycles. The quantitative estimate of drug-likeness (QED) is 0.667. The third-order valence-electron chi connectivity index (χ3n) is 5.53. The second kappa shape index (κ2) is 7.40. The van der Waals surface area contributed by atoms with Crippen molar-refractivity contribution in [3.8, 4) is 11.5 Å². The lowest BCUT2D eigenvalue weighted by Gasteiger charge is -2.22. The van der Waals surface area contributed by atoms with Crippen LogP contribution in [0.4, 0.5) is 5.69 Å². The van der Waals surface area contributed by atoms with Gasteiger partial charge in [0.15, 0.2) is 11.5 Å². The molecule has 0 saturated carbocycles. The maximum Gasteiger partial charge on any atom is 0.227 e. The van der Waals surface area contributed by atoms with Crippen LogP contribution in [0.15, 0.2) is 42.5 Å². The monoisotopic (exact) mass is 393 g/mol. The van der Waals surface area contributed by atoms with Gasteiger partial charge < -0.3 is 23.7 Å². The zero-order valence-electron chi connectivity index (χ0n) is 16.3. The number of carbonyl (C=O) groups is 1. The zero-order valence-corrected chi connectivity index (χ0v) is 16.3. The Hall–Kier alpha value is -3.06. The number of aromatic nitrogens is 2. The molecular weight excluding hydrogens is 370 g/mol. The molecule has 7 heteroatoms. The standard InChI is InChI=1S/C22H23N3O4/c1-27-9-8-24-18-5-3-2-4-17(18)23-22(24)15-12-21(26)25(14-15)16-6-7-19-20(13-16)29-11-10-28-19/h2-7,13,15H,8-12,14H2,1H3. The van der Waals surface area contributed by atoms with Crippen molar-refractivity contribution >= 4 is 22.6 Å². The Morgan fingerprint density at radius 2 is 1.97 bits per heavy atom. The molecule has 2 aliphatic heterocycles. The van der Waals surface area contributed by atoms with E-state index in [2.05, 4.69) is 10.6 Å². The Morgan fingerprint density at radius 1 is 1.14 bits per heavy atom. The Morgan fingerprint density at radius 3 is 2.83 bits per heavy atom. The fourth-order valence-corrected chi connectivity index (χ4v) is 4.15. The number of anilines is 1. The molecule has 0 spiro atoms. The van der Waals surface area contributed by atoms with Crippen molar-refractivity contribution in [3.63, 3.8) is 0 Å². The summed E-state index contributed by atoms with van der Waals surface area (Å²) in [7, 11) is 1.70. The van der Waals surface area contributed by atoms with E-state index in [1.807, 2.05) is 41.3 Å². The van der Waals surface area contributed by atoms with E-state index in [9.17, 15) is 4.79 Å². The third-order valence-corrected chi connectivity index (χ3v) is 5.53. The molecule has 1 atom stereocenters. The van der Waals surface area contributed by atoms with Gasteiger partial charge in [-0.2, -0.15) is 0 Å². The molecule has 150 valence electrons. The Bertz CT molecular complexity index is 1060. The number of benzene rings is 2. The highest BCUT2D eigenvalue weighted by molar-refractivity contribution is 5.96. The summed E-state index contributed by atoms with van der Waals surface area (Å²) in [5.74, 6) is 2.48. The van der Waals surface area contributed by atoms with E-state index < -0.39 is 0 Å². The zero-order chi connectivity index (χ0) is 19.8. The summed E-state index contributed by atoms with van der Waals surface area (Å²) in [6, 6.07) is 13.8. The fourth-order valence-electron chi connectivity index (χ4n) is 4.15. The molecule has 1 aromatic heterocycles. The minimum atomic E-state index is 0.0277. The molecule has 1 amide bonds. The SMILES string of the molecule is COCCn1c(C2CC(=O)N(c3ccc4c(c3)OCCO4)C2)nc2ccccc21. The number of carbonyl (C=O) groups excluding carboxylic acids is 1. The number of rotatable bonds is 5. The molecule has 1 unspecified atom stereocenters. The topological polar surface area (TPSA) is 65.8 Å². The first kappa shape index (κ1) is 18.0. The van der Waals surface area contributed by atoms with Crippen LogP contribution >= 0.6 is 0 Å². The number of hydrogen-bond acceptors (Lipinski definition) is 5. The highest BCUT2D eigenvalue weighted by Crippen LogP contribution is 2.38. The lowest BCUT2D eigenvalue weighted by molar-refractivity contribution is -0.117. The molecule has 2 aliphatic rings. The lowest BCUT2D eigenvalue weighted by atomic mass is 10.1. The van der Waals surface area contributed by atoms with Crippen molar-refractivity contribution in [1.29, 1.82) is 0 Å². The summed E-state index contributed by atoms with van der Waals surface area (Å²) >= 11 is 0. The number of hydrogen-bond donors (Lipinski definition) is 0. The summed E-state index contributed by atoms with van der Waals surface area (Å²) in [6.45, 7) is 2.97. The number of amides is 1. The van der Waals surface area contributed by atoms with Crippen molar-refractivity contribution in [2.24, 2.45) is 0 Å². The van der Waals surface area contributed by atoms with Crippen molar-refractivity contribution in [2.45, 2.75) is 18.9 Å². The maximum atomic E-state index is 12.9. The van der Waals surface area contributed by atoms with Gasteiger partial charge in [0.1, 0.15) is 19.0 Å². The van der Waals surface area contributed by atoms with E-state index in [4.69, 9.17) is 19.2 Å². The molecule has 0 N–H and O–H groups in total. The van der Waals surface area contributed by atoms with E-state index in [1.165, 1.54) is 0 Å². The van der Waals surface area contributed by atoms with Gasteiger partial charge in [0.05, 0.1) is 17.6 Å². The van der Waals surface area contributed by atoms with Crippen LogP contribution in [0.3, 0.4) is 0 Å². The summed E-state index contributed by atoms with van der Waals surface area (Å²) in [6.07, 6.45) is 0.435. The van der Waals surface area contributed by atoms with Crippen LogP contribution in [-0.4, -0.2) is 48.9 Å². The predicted molar refractivity (Wildman–Crippen MR) is 109 cm³/mol. The van der Waals surface area contributed by atoms with Crippen LogP contribution < -0.4 is 14.4 Å². The van der Waals surface area contributed by atoms with Gasteiger partial charge in [-0.1, -0.05) is 12.1 Å². The number of methoxy groups -OCH3 is 1. The minimum Gasteiger partial charge on any atom is -0.486 e. The molecule has 1 saturated heterocycles. The molecule has 0 bridgehead atoms. The van der Waals surface area contributed by atoms with Crippen molar-refractivity contribution in [1.82, 2.24) is 9.55 Å². The molecule has 1 fully saturated rings. The summed E-state index contributed by atoms with van der Waals surface area (Å²) in [5.41, 5.74) is 2.86. The van der Waals surface area contributed by atoms with E-state index >= 15 is 0 Å². The highest BCUT2D eigenvalue weighted by atomic mass is 16.6. The van der Waals surface area contributed by atoms with E-state index in [0.29, 0.717) is 45.1 Å². The normalized spacial score (nSPS) is 18.6. The first-order chi connectivity index (χ1) is 14.2. The average molecular weight is 393 g/mol. The van der Waals surface area contributed by atoms with Gasteiger partial charge in [-0.05, 0) is 24.3 Å². The van der Waals surface area contributed by atoms with Crippen LogP contribution in [0.2, 0.25) is 0 Å². The number of fused-ring (bicyclic) bond motifs is 2. The van der Waals surface area contributed by atoms with Gasteiger partial charge in [-0.3, -0.25) is 4.79 Å². The molecule has 5 rings (SSSR count). The molecule has 0 aliphatic carbocycles. The summed E-state index contributed by atoms with van der Waals surface area (Å²) in [4.78, 5) is 19.5. The van der Waals surface area contributed by atoms with Crippen LogP contribution in [0.5, 0.6) is 11.5 Å². The second-order valence-corrected chi connectivity index (χ2v) is 7.34. The van der Waals surface area contributed by atoms with Crippen LogP contribution in [-0.2, 0) is 16.1 Å². The Labute approximate surface area is 168 Å². The first-order valence-corrected chi connectivity index (χ1v) is 9.88. The average Bonchev–Trinajstić information content (AvgIpc) is 3.32. The van der Waals surface area contributed by atoms with Gasteiger partial charge in [0.25, 0.3) is 0 Å². The molecule has 0 radical (unpaired) electrons. The highest BCUT2D eigenvalue weighted by Gasteiger charge is 2.35. The summed E-state index contributed by atoms with van der Waals surface area (Å²) in [5, 5.41) is 0. The largest absolute Gasteiger partial charge is 0.486 e. The maximum absolute atomic E-state index is 12.9. The smallest absolute Gasteiger partial charge is 0.227 e. The van der Waals surface area contributed by atoms with Gasteiger partial charge in [0, 0.05) is 44.3 Å². The van der Waals surface area contributed by atoms with Crippen molar-refractivity contribution in [2.75, 3.05) is 38.4 Å². The summed E-state index contributed by atoms with van der Waals surface area (Å²) < 4.78 is 18.8. The lowest BCUT2D eigenvalue weighted by Crippen LogP contribution is -2.25. The number of para-hydroxylation sites is 2. The minimum absolute atomic E-state index is 0.0277. The second-order valence-electron chi connectivity index (χ2n) is 7.34. The predicted octanol–water partition coefficient (Wildman–Crippen LogP) is 2.97. The van der Waals surface area contributed by atoms with Gasteiger partial charge in [-0.25, -0.2) is 4.98 Å². The first-order valence-electron chi connectivity index (χ1n) is 9.88. The Balaban J connectivity index is 1.46. The van der Waals surface area contributed by atoms with Crippen LogP contribution in [0.1, 0.15) is 18.2 Å². The van der Waals surface area contributed by atoms with E-state index in [0.717, 1.165) is 28.3 Å². The molecule has 29 heavy (non-hydrogen) atoms. The van der Waals surface area contributed by atoms with Crippen molar-refractivity contribution < 1.29 is 19.0 Å². The van der Waals surface area contributed by atoms with E-state index in [-0.39, 0.29) is 11.8 Å². The molecular formula is C22H23N3O4. The van der Waals surface area contributed by atoms with Gasteiger partial charge in [-0.15, -0.1) is 0 Å². The fraction of sp³-hybridized carbons (Fsp3) is 0.364.